The van der Waals surface area contributed by atoms with Gasteiger partial charge in [0.1, 0.15) is 0 Å². The summed E-state index contributed by atoms with van der Waals surface area (Å²) in [5.41, 5.74) is -1.48. The van der Waals surface area contributed by atoms with E-state index in [-0.39, 0.29) is 30.6 Å². The van der Waals surface area contributed by atoms with E-state index < -0.39 is 23.5 Å². The predicted octanol–water partition coefficient (Wildman–Crippen LogP) is 1.91. The minimum Gasteiger partial charge on any atom is -0.481 e. The number of hydrogen-bond donors (Lipinski definition) is 1. The minimum absolute atomic E-state index is 0.0502. The fourth-order valence-corrected chi connectivity index (χ4v) is 3.93. The molecule has 0 heterocycles. The molecule has 0 saturated heterocycles. The second-order valence-corrected chi connectivity index (χ2v) is 4.78. The Balaban J connectivity index is 1.81. The Morgan fingerprint density at radius 2 is 1.79 bits per heavy atom. The van der Waals surface area contributed by atoms with Crippen LogP contribution in [0.5, 0.6) is 0 Å². The first-order valence-electron chi connectivity index (χ1n) is 4.68. The van der Waals surface area contributed by atoms with Crippen molar-refractivity contribution < 1.29 is 23.1 Å². The molecule has 3 rings (SSSR count). The van der Waals surface area contributed by atoms with Crippen LogP contribution in [0.3, 0.4) is 0 Å². The van der Waals surface area contributed by atoms with Crippen molar-refractivity contribution in [2.24, 2.45) is 29.1 Å². The van der Waals surface area contributed by atoms with Gasteiger partial charge in [0.05, 0.1) is 11.3 Å². The third-order valence-electron chi connectivity index (χ3n) is 4.53. The standard InChI is InChI=1S/C9H9F3O2/c10-9(11,12)8-1-3-5(7(13)14)4(2-8)6(3)8/h3-6H,1-2H2,(H,13,14). The predicted molar refractivity (Wildman–Crippen MR) is 39.3 cm³/mol. The van der Waals surface area contributed by atoms with Crippen molar-refractivity contribution in [3.8, 4) is 0 Å². The summed E-state index contributed by atoms with van der Waals surface area (Å²) in [4.78, 5) is 10.7. The Bertz CT molecular complexity index is 309. The lowest BCUT2D eigenvalue weighted by Gasteiger charge is -2.77. The zero-order valence-corrected chi connectivity index (χ0v) is 7.21. The Kier molecular flexibility index (Phi) is 1.19. The maximum Gasteiger partial charge on any atom is 0.394 e. The number of carboxylic acid groups (broad SMARTS) is 1. The van der Waals surface area contributed by atoms with Gasteiger partial charge in [0.2, 0.25) is 0 Å². The third-order valence-corrected chi connectivity index (χ3v) is 4.53. The molecular formula is C9H9F3O2. The molecule has 0 bridgehead atoms. The van der Waals surface area contributed by atoms with Gasteiger partial charge in [0.25, 0.3) is 0 Å². The summed E-state index contributed by atoms with van der Waals surface area (Å²) in [5.74, 6) is -2.12. The lowest BCUT2D eigenvalue weighted by atomic mass is 9.25. The van der Waals surface area contributed by atoms with Gasteiger partial charge in [0, 0.05) is 0 Å². The molecule has 2 nitrogen and oxygen atoms in total. The van der Waals surface area contributed by atoms with Crippen LogP contribution < -0.4 is 0 Å². The molecule has 0 radical (unpaired) electrons. The fourth-order valence-electron chi connectivity index (χ4n) is 3.93. The van der Waals surface area contributed by atoms with Gasteiger partial charge in [0.15, 0.2) is 0 Å². The number of carboxylic acids is 1. The summed E-state index contributed by atoms with van der Waals surface area (Å²) in [6.45, 7) is 0. The second kappa shape index (κ2) is 1.95. The largest absolute Gasteiger partial charge is 0.481 e. The number of carbonyl (C=O) groups is 1. The fraction of sp³-hybridized carbons (Fsp3) is 0.889. The summed E-state index contributed by atoms with van der Waals surface area (Å²) >= 11 is 0. The molecule has 5 heteroatoms. The van der Waals surface area contributed by atoms with E-state index in [2.05, 4.69) is 0 Å². The SMILES string of the molecule is O=C(O)C1C2CC3(C(F)(F)F)CC1C23. The average Bonchev–Trinajstić information content (AvgIpc) is 1.99. The summed E-state index contributed by atoms with van der Waals surface area (Å²) in [5, 5.41) is 8.76. The van der Waals surface area contributed by atoms with Crippen molar-refractivity contribution in [1.82, 2.24) is 0 Å². The van der Waals surface area contributed by atoms with Crippen LogP contribution in [-0.4, -0.2) is 17.3 Å². The molecule has 3 saturated carbocycles. The number of rotatable bonds is 1. The first kappa shape index (κ1) is 8.56. The number of alkyl halides is 3. The highest BCUT2D eigenvalue weighted by atomic mass is 19.4. The van der Waals surface area contributed by atoms with Gasteiger partial charge in [-0.2, -0.15) is 13.2 Å². The van der Waals surface area contributed by atoms with Gasteiger partial charge >= 0.3 is 12.1 Å². The molecule has 3 aliphatic rings. The van der Waals surface area contributed by atoms with Crippen LogP contribution in [0.2, 0.25) is 0 Å². The van der Waals surface area contributed by atoms with Crippen molar-refractivity contribution in [2.45, 2.75) is 19.0 Å². The quantitative estimate of drug-likeness (QED) is 0.711. The Labute approximate surface area is 78.1 Å². The third kappa shape index (κ3) is 0.605. The Morgan fingerprint density at radius 3 is 2.07 bits per heavy atom. The van der Waals surface area contributed by atoms with E-state index in [0.717, 1.165) is 0 Å². The molecule has 14 heavy (non-hydrogen) atoms. The normalized spacial score (nSPS) is 53.6. The second-order valence-electron chi connectivity index (χ2n) is 4.78. The molecule has 0 aliphatic heterocycles. The molecular weight excluding hydrogens is 197 g/mol. The zero-order valence-electron chi connectivity index (χ0n) is 7.21. The molecule has 0 aromatic rings. The Morgan fingerprint density at radius 1 is 1.29 bits per heavy atom. The van der Waals surface area contributed by atoms with Crippen LogP contribution in [0, 0.1) is 29.1 Å². The van der Waals surface area contributed by atoms with E-state index in [4.69, 9.17) is 5.11 Å². The molecule has 3 aliphatic carbocycles. The molecule has 2 unspecified atom stereocenters. The van der Waals surface area contributed by atoms with E-state index in [9.17, 15) is 18.0 Å². The van der Waals surface area contributed by atoms with E-state index >= 15 is 0 Å². The maximum absolute atomic E-state index is 12.6. The smallest absolute Gasteiger partial charge is 0.394 e. The van der Waals surface area contributed by atoms with Crippen LogP contribution >= 0.6 is 0 Å². The molecule has 3 fully saturated rings. The summed E-state index contributed by atoms with van der Waals surface area (Å²) < 4.78 is 37.7. The van der Waals surface area contributed by atoms with Crippen molar-refractivity contribution in [1.29, 1.82) is 0 Å². The van der Waals surface area contributed by atoms with Crippen LogP contribution in [0.15, 0.2) is 0 Å². The number of aliphatic carboxylic acids is 1. The molecule has 2 atom stereocenters. The number of halogens is 3. The van der Waals surface area contributed by atoms with Gasteiger partial charge in [-0.3, -0.25) is 4.79 Å². The van der Waals surface area contributed by atoms with Crippen LogP contribution in [0.1, 0.15) is 12.8 Å². The van der Waals surface area contributed by atoms with Crippen molar-refractivity contribution in [3.05, 3.63) is 0 Å². The van der Waals surface area contributed by atoms with E-state index in [0.29, 0.717) is 0 Å². The number of hydrogen-bond acceptors (Lipinski definition) is 1. The lowest BCUT2D eigenvalue weighted by Crippen LogP contribution is -2.79. The monoisotopic (exact) mass is 206 g/mol. The topological polar surface area (TPSA) is 37.3 Å². The molecule has 1 N–H and O–H groups in total. The highest BCUT2D eigenvalue weighted by molar-refractivity contribution is 5.74. The van der Waals surface area contributed by atoms with E-state index in [1.807, 2.05) is 0 Å². The highest BCUT2D eigenvalue weighted by Crippen LogP contribution is 2.83. The molecule has 0 amide bonds. The van der Waals surface area contributed by atoms with Crippen LogP contribution in [0.4, 0.5) is 13.2 Å². The first-order valence-corrected chi connectivity index (χ1v) is 4.68. The average molecular weight is 206 g/mol. The van der Waals surface area contributed by atoms with E-state index in [1.165, 1.54) is 0 Å². The van der Waals surface area contributed by atoms with Crippen molar-refractivity contribution >= 4 is 5.97 Å². The molecule has 78 valence electrons. The van der Waals surface area contributed by atoms with Crippen molar-refractivity contribution in [2.75, 3.05) is 0 Å². The lowest BCUT2D eigenvalue weighted by molar-refractivity contribution is -0.410. The first-order chi connectivity index (χ1) is 6.38. The van der Waals surface area contributed by atoms with E-state index in [1.54, 1.807) is 0 Å². The maximum atomic E-state index is 12.6. The molecule has 0 spiro atoms. The molecule has 0 aromatic carbocycles. The van der Waals surface area contributed by atoms with Gasteiger partial charge in [-0.25, -0.2) is 0 Å². The van der Waals surface area contributed by atoms with Crippen LogP contribution in [-0.2, 0) is 4.79 Å². The minimum atomic E-state index is -4.12. The van der Waals surface area contributed by atoms with Crippen LogP contribution in [0.25, 0.3) is 0 Å². The summed E-state index contributed by atoms with van der Waals surface area (Å²) in [6, 6.07) is 0. The highest BCUT2D eigenvalue weighted by Gasteiger charge is 2.85. The van der Waals surface area contributed by atoms with Gasteiger partial charge in [-0.05, 0) is 30.6 Å². The summed E-state index contributed by atoms with van der Waals surface area (Å²) in [7, 11) is 0. The van der Waals surface area contributed by atoms with Crippen molar-refractivity contribution in [3.63, 3.8) is 0 Å². The van der Waals surface area contributed by atoms with Gasteiger partial charge in [-0.15, -0.1) is 0 Å². The van der Waals surface area contributed by atoms with Gasteiger partial charge < -0.3 is 5.11 Å². The molecule has 0 aromatic heterocycles. The summed E-state index contributed by atoms with van der Waals surface area (Å²) in [6.07, 6.45) is -4.02. The Hall–Kier alpha value is -0.740. The zero-order chi connectivity index (χ0) is 10.3. The van der Waals surface area contributed by atoms with Gasteiger partial charge in [-0.1, -0.05) is 0 Å².